The Morgan fingerprint density at radius 1 is 1.62 bits per heavy atom. The van der Waals surface area contributed by atoms with Crippen LogP contribution in [0.1, 0.15) is 19.4 Å². The highest BCUT2D eigenvalue weighted by Crippen LogP contribution is 2.07. The van der Waals surface area contributed by atoms with E-state index in [1.807, 2.05) is 13.2 Å². The lowest BCUT2D eigenvalue weighted by molar-refractivity contribution is -0.129. The standard InChI is InChI=1S/C11H18ClN3O/c1-9(2)6-15(11(16)4-12)8-10-5-13-14(3)7-10/h5,7,9H,4,6,8H2,1-3H3. The average Bonchev–Trinajstić information content (AvgIpc) is 2.61. The maximum atomic E-state index is 11.6. The van der Waals surface area contributed by atoms with Gasteiger partial charge in [-0.2, -0.15) is 5.10 Å². The zero-order chi connectivity index (χ0) is 12.1. The molecule has 0 atom stereocenters. The minimum absolute atomic E-state index is 0.0285. The molecule has 0 aliphatic carbocycles. The summed E-state index contributed by atoms with van der Waals surface area (Å²) in [5.74, 6) is 0.440. The number of aromatic nitrogens is 2. The van der Waals surface area contributed by atoms with Gasteiger partial charge in [-0.25, -0.2) is 0 Å². The molecule has 5 heteroatoms. The molecular weight excluding hydrogens is 226 g/mol. The molecule has 0 bridgehead atoms. The smallest absolute Gasteiger partial charge is 0.237 e. The van der Waals surface area contributed by atoms with Gasteiger partial charge in [0.15, 0.2) is 0 Å². The van der Waals surface area contributed by atoms with Gasteiger partial charge in [-0.15, -0.1) is 11.6 Å². The lowest BCUT2D eigenvalue weighted by atomic mass is 10.2. The molecule has 90 valence electrons. The van der Waals surface area contributed by atoms with Crippen molar-refractivity contribution in [2.45, 2.75) is 20.4 Å². The van der Waals surface area contributed by atoms with Crippen molar-refractivity contribution in [2.24, 2.45) is 13.0 Å². The van der Waals surface area contributed by atoms with Crippen LogP contribution in [-0.4, -0.2) is 33.0 Å². The van der Waals surface area contributed by atoms with E-state index in [9.17, 15) is 4.79 Å². The summed E-state index contributed by atoms with van der Waals surface area (Å²) in [6.07, 6.45) is 3.68. The molecule has 1 amide bonds. The van der Waals surface area contributed by atoms with Gasteiger partial charge in [0, 0.05) is 31.9 Å². The summed E-state index contributed by atoms with van der Waals surface area (Å²) in [6.45, 7) is 5.47. The van der Waals surface area contributed by atoms with Gasteiger partial charge in [0.05, 0.1) is 6.20 Å². The second-order valence-electron chi connectivity index (χ2n) is 4.32. The maximum Gasteiger partial charge on any atom is 0.237 e. The first-order valence-corrected chi connectivity index (χ1v) is 5.87. The monoisotopic (exact) mass is 243 g/mol. The molecule has 0 saturated heterocycles. The van der Waals surface area contributed by atoms with E-state index < -0.39 is 0 Å². The Kier molecular flexibility index (Phi) is 4.80. The summed E-state index contributed by atoms with van der Waals surface area (Å²) in [5, 5.41) is 4.08. The largest absolute Gasteiger partial charge is 0.337 e. The molecule has 0 saturated carbocycles. The fourth-order valence-corrected chi connectivity index (χ4v) is 1.72. The Hall–Kier alpha value is -1.03. The number of amides is 1. The molecule has 0 unspecified atom stereocenters. The van der Waals surface area contributed by atoms with Crippen LogP contribution in [0.3, 0.4) is 0 Å². The molecule has 1 aromatic rings. The van der Waals surface area contributed by atoms with Crippen molar-refractivity contribution in [3.05, 3.63) is 18.0 Å². The van der Waals surface area contributed by atoms with Gasteiger partial charge in [-0.1, -0.05) is 13.8 Å². The third-order valence-electron chi connectivity index (χ3n) is 2.18. The number of hydrogen-bond donors (Lipinski definition) is 0. The number of halogens is 1. The molecule has 0 aromatic carbocycles. The topological polar surface area (TPSA) is 38.1 Å². The molecule has 0 aliphatic heterocycles. The summed E-state index contributed by atoms with van der Waals surface area (Å²) < 4.78 is 1.73. The number of alkyl halides is 1. The number of rotatable bonds is 5. The number of hydrogen-bond acceptors (Lipinski definition) is 2. The van der Waals surface area contributed by atoms with E-state index in [4.69, 9.17) is 11.6 Å². The normalized spacial score (nSPS) is 10.8. The van der Waals surface area contributed by atoms with Crippen LogP contribution < -0.4 is 0 Å². The highest BCUT2D eigenvalue weighted by Gasteiger charge is 2.14. The molecule has 4 nitrogen and oxygen atoms in total. The molecule has 1 heterocycles. The van der Waals surface area contributed by atoms with E-state index in [-0.39, 0.29) is 11.8 Å². The first-order valence-electron chi connectivity index (χ1n) is 5.34. The zero-order valence-corrected chi connectivity index (χ0v) is 10.7. The quantitative estimate of drug-likeness (QED) is 0.738. The van der Waals surface area contributed by atoms with Crippen molar-refractivity contribution < 1.29 is 4.79 Å². The van der Waals surface area contributed by atoms with Gasteiger partial charge in [0.1, 0.15) is 5.88 Å². The van der Waals surface area contributed by atoms with Gasteiger partial charge in [-0.05, 0) is 5.92 Å². The summed E-state index contributed by atoms with van der Waals surface area (Å²) in [7, 11) is 1.86. The van der Waals surface area contributed by atoms with Crippen molar-refractivity contribution in [3.8, 4) is 0 Å². The first kappa shape index (κ1) is 13.0. The highest BCUT2D eigenvalue weighted by molar-refractivity contribution is 6.27. The van der Waals surface area contributed by atoms with Crippen molar-refractivity contribution in [1.29, 1.82) is 0 Å². The van der Waals surface area contributed by atoms with E-state index in [1.165, 1.54) is 0 Å². The van der Waals surface area contributed by atoms with Crippen LogP contribution in [0.2, 0.25) is 0 Å². The third kappa shape index (κ3) is 3.85. The summed E-state index contributed by atoms with van der Waals surface area (Å²) >= 11 is 5.59. The van der Waals surface area contributed by atoms with E-state index in [1.54, 1.807) is 15.8 Å². The van der Waals surface area contributed by atoms with E-state index in [2.05, 4.69) is 18.9 Å². The van der Waals surface area contributed by atoms with Crippen molar-refractivity contribution in [3.63, 3.8) is 0 Å². The fraction of sp³-hybridized carbons (Fsp3) is 0.636. The maximum absolute atomic E-state index is 11.6. The Balaban J connectivity index is 2.66. The van der Waals surface area contributed by atoms with E-state index in [0.29, 0.717) is 12.5 Å². The average molecular weight is 244 g/mol. The molecule has 0 radical (unpaired) electrons. The Morgan fingerprint density at radius 3 is 2.75 bits per heavy atom. The van der Waals surface area contributed by atoms with Gasteiger partial charge >= 0.3 is 0 Å². The molecule has 0 N–H and O–H groups in total. The van der Waals surface area contributed by atoms with Gasteiger partial charge < -0.3 is 4.90 Å². The highest BCUT2D eigenvalue weighted by atomic mass is 35.5. The van der Waals surface area contributed by atoms with Crippen molar-refractivity contribution in [1.82, 2.24) is 14.7 Å². The van der Waals surface area contributed by atoms with Crippen molar-refractivity contribution in [2.75, 3.05) is 12.4 Å². The van der Waals surface area contributed by atoms with Crippen LogP contribution in [0.5, 0.6) is 0 Å². The SMILES string of the molecule is CC(C)CN(Cc1cnn(C)c1)C(=O)CCl. The molecule has 0 spiro atoms. The van der Waals surface area contributed by atoms with E-state index >= 15 is 0 Å². The van der Waals surface area contributed by atoms with E-state index in [0.717, 1.165) is 12.1 Å². The molecule has 0 fully saturated rings. The van der Waals surface area contributed by atoms with Crippen LogP contribution in [0.4, 0.5) is 0 Å². The predicted molar refractivity (Wildman–Crippen MR) is 64.2 cm³/mol. The van der Waals surface area contributed by atoms with Gasteiger partial charge in [0.2, 0.25) is 5.91 Å². The molecule has 1 aromatic heterocycles. The second-order valence-corrected chi connectivity index (χ2v) is 4.59. The minimum Gasteiger partial charge on any atom is -0.337 e. The molecule has 0 aliphatic rings. The fourth-order valence-electron chi connectivity index (χ4n) is 1.55. The second kappa shape index (κ2) is 5.89. The summed E-state index contributed by atoms with van der Waals surface area (Å²) in [6, 6.07) is 0. The summed E-state index contributed by atoms with van der Waals surface area (Å²) in [4.78, 5) is 13.4. The van der Waals surface area contributed by atoms with Crippen LogP contribution in [0.25, 0.3) is 0 Å². The van der Waals surface area contributed by atoms with Crippen LogP contribution in [0, 0.1) is 5.92 Å². The van der Waals surface area contributed by atoms with Crippen LogP contribution in [0.15, 0.2) is 12.4 Å². The lowest BCUT2D eigenvalue weighted by Crippen LogP contribution is -2.34. The first-order chi connectivity index (χ1) is 7.52. The summed E-state index contributed by atoms with van der Waals surface area (Å²) in [5.41, 5.74) is 1.03. The Labute approximate surface area is 101 Å². The molecule has 1 rings (SSSR count). The Bertz CT molecular complexity index is 349. The van der Waals surface area contributed by atoms with Gasteiger partial charge in [-0.3, -0.25) is 9.48 Å². The lowest BCUT2D eigenvalue weighted by Gasteiger charge is -2.23. The molecule has 16 heavy (non-hydrogen) atoms. The number of nitrogens with zero attached hydrogens (tertiary/aromatic N) is 3. The number of carbonyl (C=O) groups is 1. The van der Waals surface area contributed by atoms with Gasteiger partial charge in [0.25, 0.3) is 0 Å². The number of aryl methyl sites for hydroxylation is 1. The Morgan fingerprint density at radius 2 is 2.31 bits per heavy atom. The minimum atomic E-state index is -0.0285. The van der Waals surface area contributed by atoms with Crippen LogP contribution >= 0.6 is 11.6 Å². The number of carbonyl (C=O) groups excluding carboxylic acids is 1. The predicted octanol–water partition coefficient (Wildman–Crippen LogP) is 1.64. The van der Waals surface area contributed by atoms with Crippen molar-refractivity contribution >= 4 is 17.5 Å². The zero-order valence-electron chi connectivity index (χ0n) is 9.98. The molecular formula is C11H18ClN3O. The third-order valence-corrected chi connectivity index (χ3v) is 2.41. The van der Waals surface area contributed by atoms with Crippen LogP contribution in [-0.2, 0) is 18.4 Å².